The molecule has 2 atom stereocenters. The van der Waals surface area contributed by atoms with Gasteiger partial charge in [0.25, 0.3) is 5.92 Å². The minimum atomic E-state index is -4.08. The fourth-order valence-corrected chi connectivity index (χ4v) is 5.15. The summed E-state index contributed by atoms with van der Waals surface area (Å²) in [5.41, 5.74) is -0.742. The molecule has 2 fully saturated rings. The largest absolute Gasteiger partial charge is 0.331 e. The van der Waals surface area contributed by atoms with Gasteiger partial charge >= 0.3 is 0 Å². The molecule has 11 heteroatoms. The Morgan fingerprint density at radius 2 is 1.68 bits per heavy atom. The molecule has 1 aliphatic carbocycles. The fourth-order valence-electron chi connectivity index (χ4n) is 4.26. The first-order valence-electron chi connectivity index (χ1n) is 10.8. The first kappa shape index (κ1) is 24.6. The Kier molecular flexibility index (Phi) is 6.45. The number of nitrogens with zero attached hydrogens (tertiary/aromatic N) is 1. The van der Waals surface area contributed by atoms with Crippen molar-refractivity contribution in [3.05, 3.63) is 59.4 Å². The van der Waals surface area contributed by atoms with Crippen LogP contribution in [-0.2, 0) is 21.2 Å². The number of likely N-dealkylation sites (tertiary alicyclic amines) is 1. The summed E-state index contributed by atoms with van der Waals surface area (Å²) >= 11 is 0. The standard InChI is InChI=1S/C23H23F5N2O3S/c1-2-34(32,33)29-21-18(30(12-23(21,27)28)22(31)13-9-10-13)11-14-5-3-6-15(19(14)25)16-7-4-8-17(24)20(16)26/h3-8,13,18,21,29H,2,9-12H2,1H3/t18-,21+/m0/s1. The Bertz CT molecular complexity index is 1220. The molecule has 0 bridgehead atoms. The summed E-state index contributed by atoms with van der Waals surface area (Å²) < 4.78 is 99.6. The summed E-state index contributed by atoms with van der Waals surface area (Å²) in [5.74, 6) is -8.38. The number of hydrogen-bond donors (Lipinski definition) is 1. The Labute approximate surface area is 194 Å². The topological polar surface area (TPSA) is 66.5 Å². The summed E-state index contributed by atoms with van der Waals surface area (Å²) in [6.07, 6.45) is 0.644. The molecule has 184 valence electrons. The third kappa shape index (κ3) is 4.68. The van der Waals surface area contributed by atoms with Gasteiger partial charge < -0.3 is 4.90 Å². The van der Waals surface area contributed by atoms with Gasteiger partial charge in [-0.2, -0.15) is 0 Å². The van der Waals surface area contributed by atoms with Gasteiger partial charge in [0.05, 0.1) is 18.3 Å². The Hall–Kier alpha value is -2.53. The van der Waals surface area contributed by atoms with E-state index >= 15 is 4.39 Å². The number of carbonyl (C=O) groups excluding carboxylic acids is 1. The van der Waals surface area contributed by atoms with Crippen molar-refractivity contribution in [2.45, 2.75) is 44.2 Å². The monoisotopic (exact) mass is 502 g/mol. The first-order chi connectivity index (χ1) is 15.9. The predicted molar refractivity (Wildman–Crippen MR) is 115 cm³/mol. The van der Waals surface area contributed by atoms with Crippen LogP contribution in [0.15, 0.2) is 36.4 Å². The maximum Gasteiger partial charge on any atom is 0.283 e. The molecule has 5 nitrogen and oxygen atoms in total. The fraction of sp³-hybridized carbons (Fsp3) is 0.435. The molecule has 1 saturated carbocycles. The predicted octanol–water partition coefficient (Wildman–Crippen LogP) is 3.88. The number of hydrogen-bond acceptors (Lipinski definition) is 3. The van der Waals surface area contributed by atoms with E-state index in [-0.39, 0.29) is 16.7 Å². The van der Waals surface area contributed by atoms with Crippen molar-refractivity contribution in [1.29, 1.82) is 0 Å². The molecular formula is C23H23F5N2O3S. The quantitative estimate of drug-likeness (QED) is 0.585. The van der Waals surface area contributed by atoms with E-state index in [4.69, 9.17) is 0 Å². The Balaban J connectivity index is 1.74. The lowest BCUT2D eigenvalue weighted by Gasteiger charge is -2.29. The van der Waals surface area contributed by atoms with Crippen molar-refractivity contribution in [2.75, 3.05) is 12.3 Å². The number of carbonyl (C=O) groups is 1. The molecule has 1 saturated heterocycles. The molecule has 0 radical (unpaired) electrons. The highest BCUT2D eigenvalue weighted by molar-refractivity contribution is 7.89. The van der Waals surface area contributed by atoms with Gasteiger partial charge in [-0.05, 0) is 37.8 Å². The second kappa shape index (κ2) is 8.92. The van der Waals surface area contributed by atoms with E-state index < -0.39 is 76.0 Å². The van der Waals surface area contributed by atoms with Crippen LogP contribution in [0.5, 0.6) is 0 Å². The number of sulfonamides is 1. The lowest BCUT2D eigenvalue weighted by atomic mass is 9.95. The van der Waals surface area contributed by atoms with Crippen molar-refractivity contribution in [3.8, 4) is 11.1 Å². The van der Waals surface area contributed by atoms with Gasteiger partial charge in [-0.3, -0.25) is 4.79 Å². The molecule has 0 spiro atoms. The summed E-state index contributed by atoms with van der Waals surface area (Å²) in [6.45, 7) is 0.290. The Morgan fingerprint density at radius 3 is 2.29 bits per heavy atom. The van der Waals surface area contributed by atoms with Crippen molar-refractivity contribution in [3.63, 3.8) is 0 Å². The second-order valence-electron chi connectivity index (χ2n) is 8.65. The van der Waals surface area contributed by atoms with Gasteiger partial charge in [-0.25, -0.2) is 35.1 Å². The minimum absolute atomic E-state index is 0.127. The maximum atomic E-state index is 15.4. The number of rotatable bonds is 7. The van der Waals surface area contributed by atoms with Crippen LogP contribution in [0.25, 0.3) is 11.1 Å². The first-order valence-corrected chi connectivity index (χ1v) is 12.5. The number of benzene rings is 2. The number of halogens is 5. The highest BCUT2D eigenvalue weighted by Crippen LogP contribution is 2.40. The van der Waals surface area contributed by atoms with Crippen LogP contribution in [0.1, 0.15) is 25.3 Å². The summed E-state index contributed by atoms with van der Waals surface area (Å²) in [7, 11) is -4.08. The van der Waals surface area contributed by atoms with Crippen molar-refractivity contribution in [2.24, 2.45) is 5.92 Å². The zero-order valence-electron chi connectivity index (χ0n) is 18.2. The van der Waals surface area contributed by atoms with Gasteiger partial charge in [-0.15, -0.1) is 0 Å². The molecule has 2 aromatic rings. The third-order valence-electron chi connectivity index (χ3n) is 6.27. The van der Waals surface area contributed by atoms with Crippen LogP contribution < -0.4 is 4.72 Å². The lowest BCUT2D eigenvalue weighted by Crippen LogP contribution is -2.52. The van der Waals surface area contributed by atoms with Crippen LogP contribution in [0, 0.1) is 23.4 Å². The molecule has 34 heavy (non-hydrogen) atoms. The van der Waals surface area contributed by atoms with E-state index in [0.717, 1.165) is 11.0 Å². The van der Waals surface area contributed by atoms with E-state index in [0.29, 0.717) is 12.8 Å². The average Bonchev–Trinajstić information content (AvgIpc) is 3.60. The van der Waals surface area contributed by atoms with Gasteiger partial charge in [0.2, 0.25) is 15.9 Å². The van der Waals surface area contributed by atoms with Crippen LogP contribution in [-0.4, -0.2) is 49.5 Å². The van der Waals surface area contributed by atoms with Crippen LogP contribution >= 0.6 is 0 Å². The summed E-state index contributed by atoms with van der Waals surface area (Å²) in [6, 6.07) is 3.83. The van der Waals surface area contributed by atoms with Crippen molar-refractivity contribution in [1.82, 2.24) is 9.62 Å². The summed E-state index contributed by atoms with van der Waals surface area (Å²) in [4.78, 5) is 13.7. The zero-order valence-corrected chi connectivity index (χ0v) is 19.0. The smallest absolute Gasteiger partial charge is 0.283 e. The normalized spacial score (nSPS) is 22.2. The van der Waals surface area contributed by atoms with Crippen molar-refractivity contribution < 1.29 is 35.2 Å². The molecule has 0 unspecified atom stereocenters. The van der Waals surface area contributed by atoms with Crippen LogP contribution in [0.4, 0.5) is 22.0 Å². The van der Waals surface area contributed by atoms with Gasteiger partial charge in [0, 0.05) is 17.0 Å². The molecule has 2 aromatic carbocycles. The van der Waals surface area contributed by atoms with E-state index in [1.807, 2.05) is 4.72 Å². The van der Waals surface area contributed by atoms with Gasteiger partial charge in [-0.1, -0.05) is 30.3 Å². The van der Waals surface area contributed by atoms with E-state index in [9.17, 15) is 30.8 Å². The molecule has 1 N–H and O–H groups in total. The highest BCUT2D eigenvalue weighted by atomic mass is 32.2. The molecule has 2 aliphatic rings. The number of nitrogens with one attached hydrogen (secondary N) is 1. The summed E-state index contributed by atoms with van der Waals surface area (Å²) in [5, 5.41) is 0. The molecular weight excluding hydrogens is 479 g/mol. The van der Waals surface area contributed by atoms with Crippen LogP contribution in [0.3, 0.4) is 0 Å². The third-order valence-corrected chi connectivity index (χ3v) is 7.64. The van der Waals surface area contributed by atoms with Crippen molar-refractivity contribution >= 4 is 15.9 Å². The maximum absolute atomic E-state index is 15.4. The molecule has 4 rings (SSSR count). The van der Waals surface area contributed by atoms with Gasteiger partial charge in [0.1, 0.15) is 11.9 Å². The van der Waals surface area contributed by atoms with Crippen LogP contribution in [0.2, 0.25) is 0 Å². The molecule has 0 aromatic heterocycles. The van der Waals surface area contributed by atoms with E-state index in [1.165, 1.54) is 37.3 Å². The van der Waals surface area contributed by atoms with Gasteiger partial charge in [0.15, 0.2) is 11.6 Å². The SMILES string of the molecule is CCS(=O)(=O)N[C@@H]1[C@H](Cc2cccc(-c3cccc(F)c3F)c2F)N(C(=O)C2CC2)CC1(F)F. The second-order valence-corrected chi connectivity index (χ2v) is 10.7. The average molecular weight is 503 g/mol. The molecule has 1 aliphatic heterocycles. The Morgan fingerprint density at radius 1 is 1.06 bits per heavy atom. The zero-order chi connectivity index (χ0) is 24.8. The van der Waals surface area contributed by atoms with E-state index in [1.54, 1.807) is 0 Å². The molecule has 1 heterocycles. The van der Waals surface area contributed by atoms with E-state index in [2.05, 4.69) is 0 Å². The lowest BCUT2D eigenvalue weighted by molar-refractivity contribution is -0.134. The highest BCUT2D eigenvalue weighted by Gasteiger charge is 2.58. The number of alkyl halides is 2. The molecule has 1 amide bonds. The minimum Gasteiger partial charge on any atom is -0.331 e. The number of amides is 1.